The van der Waals surface area contributed by atoms with E-state index in [1.165, 1.54) is 16.5 Å². The van der Waals surface area contributed by atoms with Crippen LogP contribution in [0.4, 0.5) is 22.2 Å². The Morgan fingerprint density at radius 3 is 2.53 bits per heavy atom. The zero-order chi connectivity index (χ0) is 26.1. The first kappa shape index (κ1) is 24.6. The Kier molecular flexibility index (Phi) is 6.84. The van der Waals surface area contributed by atoms with Gasteiger partial charge < -0.3 is 20.9 Å². The summed E-state index contributed by atoms with van der Waals surface area (Å²) in [6, 6.07) is 8.22. The molecule has 2 aliphatic heterocycles. The number of carbonyl (C=O) groups excluding carboxylic acids is 2. The van der Waals surface area contributed by atoms with Crippen LogP contribution in [0.1, 0.15) is 44.1 Å². The second kappa shape index (κ2) is 10.6. The Hall–Kier alpha value is -3.73. The van der Waals surface area contributed by atoms with Crippen LogP contribution in [0, 0.1) is 5.92 Å². The van der Waals surface area contributed by atoms with E-state index < -0.39 is 0 Å². The van der Waals surface area contributed by atoms with Crippen molar-refractivity contribution in [1.82, 2.24) is 34.6 Å². The molecule has 0 unspecified atom stereocenters. The molecule has 11 heteroatoms. The van der Waals surface area contributed by atoms with Gasteiger partial charge in [0.05, 0.1) is 0 Å². The molecule has 3 aromatic rings. The first-order valence-electron chi connectivity index (χ1n) is 13.7. The smallest absolute Gasteiger partial charge is 0.328 e. The minimum absolute atomic E-state index is 0.178. The number of amides is 2. The number of hydrogen-bond donors (Lipinski definition) is 3. The molecule has 38 heavy (non-hydrogen) atoms. The lowest BCUT2D eigenvalue weighted by Gasteiger charge is -2.37. The van der Waals surface area contributed by atoms with Gasteiger partial charge in [0.1, 0.15) is 6.33 Å². The van der Waals surface area contributed by atoms with E-state index >= 15 is 0 Å². The number of rotatable bonds is 7. The molecule has 0 radical (unpaired) electrons. The van der Waals surface area contributed by atoms with E-state index in [1.54, 1.807) is 7.05 Å². The predicted octanol–water partition coefficient (Wildman–Crippen LogP) is 3.17. The standard InChI is InChI=1S/C27H35N9O2/c1-28-23-22-24(36(17-29-22)27(38)31-20-6-3-7-20)33-26(32-23)30-21-8-2-5-18(15-21)16-34-13-9-19(10-14-34)25(37)35-11-4-12-35/h2,5,8,15,17,19-20H,3-4,6-7,9-14,16H2,1H3,(H,31,38)(H2,28,30,32,33). The number of piperidine rings is 1. The summed E-state index contributed by atoms with van der Waals surface area (Å²) in [7, 11) is 1.78. The van der Waals surface area contributed by atoms with Gasteiger partial charge in [-0.25, -0.2) is 14.3 Å². The van der Waals surface area contributed by atoms with Gasteiger partial charge in [-0.15, -0.1) is 0 Å². The van der Waals surface area contributed by atoms with Crippen molar-refractivity contribution in [2.45, 2.75) is 51.1 Å². The quantitative estimate of drug-likeness (QED) is 0.437. The number of hydrogen-bond acceptors (Lipinski definition) is 8. The molecule has 3 aliphatic rings. The van der Waals surface area contributed by atoms with Crippen molar-refractivity contribution >= 4 is 40.6 Å². The normalized spacial score (nSPS) is 18.6. The summed E-state index contributed by atoms with van der Waals surface area (Å²) in [5, 5.41) is 9.42. The minimum Gasteiger partial charge on any atom is -0.371 e. The van der Waals surface area contributed by atoms with Crippen LogP contribution in [0.2, 0.25) is 0 Å². The highest BCUT2D eigenvalue weighted by Crippen LogP contribution is 2.26. The lowest BCUT2D eigenvalue weighted by Crippen LogP contribution is -2.47. The molecule has 0 atom stereocenters. The monoisotopic (exact) mass is 517 g/mol. The SMILES string of the molecule is CNc1nc(Nc2cccc(CN3CCC(C(=O)N4CCC4)CC3)c2)nc2c1ncn2C(=O)NC1CCC1. The van der Waals surface area contributed by atoms with E-state index in [4.69, 9.17) is 0 Å². The van der Waals surface area contributed by atoms with E-state index in [2.05, 4.69) is 47.9 Å². The second-order valence-corrected chi connectivity index (χ2v) is 10.6. The Bertz CT molecular complexity index is 1320. The van der Waals surface area contributed by atoms with E-state index in [9.17, 15) is 9.59 Å². The highest BCUT2D eigenvalue weighted by atomic mass is 16.2. The number of anilines is 3. The van der Waals surface area contributed by atoms with Gasteiger partial charge in [-0.2, -0.15) is 9.97 Å². The summed E-state index contributed by atoms with van der Waals surface area (Å²) in [5.74, 6) is 1.47. The van der Waals surface area contributed by atoms with Crippen LogP contribution in [0.5, 0.6) is 0 Å². The summed E-state index contributed by atoms with van der Waals surface area (Å²) in [6.07, 6.45) is 7.65. The first-order chi connectivity index (χ1) is 18.6. The van der Waals surface area contributed by atoms with E-state index in [0.29, 0.717) is 28.8 Å². The average Bonchev–Trinajstić information content (AvgIpc) is 3.29. The molecule has 3 N–H and O–H groups in total. The molecule has 1 aliphatic carbocycles. The van der Waals surface area contributed by atoms with Gasteiger partial charge in [0.2, 0.25) is 11.9 Å². The minimum atomic E-state index is -0.221. The number of fused-ring (bicyclic) bond motifs is 1. The van der Waals surface area contributed by atoms with Crippen LogP contribution in [-0.2, 0) is 11.3 Å². The number of aromatic nitrogens is 4. The number of nitrogens with zero attached hydrogens (tertiary/aromatic N) is 6. The number of likely N-dealkylation sites (tertiary alicyclic amines) is 2. The van der Waals surface area contributed by atoms with Crippen molar-refractivity contribution in [2.75, 3.05) is 43.9 Å². The summed E-state index contributed by atoms with van der Waals surface area (Å²) in [6.45, 7) is 4.55. The molecular formula is C27H35N9O2. The largest absolute Gasteiger partial charge is 0.371 e. The predicted molar refractivity (Wildman–Crippen MR) is 145 cm³/mol. The van der Waals surface area contributed by atoms with Crippen molar-refractivity contribution in [1.29, 1.82) is 0 Å². The second-order valence-electron chi connectivity index (χ2n) is 10.6. The van der Waals surface area contributed by atoms with Crippen LogP contribution in [-0.4, -0.2) is 80.5 Å². The molecule has 1 saturated carbocycles. The Morgan fingerprint density at radius 2 is 1.84 bits per heavy atom. The zero-order valence-electron chi connectivity index (χ0n) is 21.8. The fraction of sp³-hybridized carbons (Fsp3) is 0.519. The summed E-state index contributed by atoms with van der Waals surface area (Å²) in [5.41, 5.74) is 3.06. The lowest BCUT2D eigenvalue weighted by molar-refractivity contribution is -0.140. The van der Waals surface area contributed by atoms with E-state index in [1.807, 2.05) is 17.0 Å². The highest BCUT2D eigenvalue weighted by molar-refractivity contribution is 5.92. The molecular weight excluding hydrogens is 482 g/mol. The molecule has 11 nitrogen and oxygen atoms in total. The maximum atomic E-state index is 12.8. The third kappa shape index (κ3) is 5.02. The van der Waals surface area contributed by atoms with E-state index in [0.717, 1.165) is 76.9 Å². The molecule has 3 fully saturated rings. The van der Waals surface area contributed by atoms with Gasteiger partial charge >= 0.3 is 6.03 Å². The molecule has 6 rings (SSSR count). The third-order valence-electron chi connectivity index (χ3n) is 7.98. The van der Waals surface area contributed by atoms with Gasteiger partial charge in [0, 0.05) is 44.3 Å². The van der Waals surface area contributed by atoms with E-state index in [-0.39, 0.29) is 18.0 Å². The van der Waals surface area contributed by atoms with Gasteiger partial charge in [-0.3, -0.25) is 9.69 Å². The average molecular weight is 518 g/mol. The maximum Gasteiger partial charge on any atom is 0.328 e. The molecule has 0 bridgehead atoms. The van der Waals surface area contributed by atoms with Crippen LogP contribution in [0.3, 0.4) is 0 Å². The van der Waals surface area contributed by atoms with Crippen molar-refractivity contribution in [2.24, 2.45) is 5.92 Å². The fourth-order valence-electron chi connectivity index (χ4n) is 5.34. The van der Waals surface area contributed by atoms with Crippen molar-refractivity contribution < 1.29 is 9.59 Å². The molecule has 200 valence electrons. The van der Waals surface area contributed by atoms with Gasteiger partial charge in [0.25, 0.3) is 0 Å². The fourth-order valence-corrected chi connectivity index (χ4v) is 5.34. The number of benzene rings is 1. The lowest BCUT2D eigenvalue weighted by atomic mass is 9.93. The molecule has 2 aromatic heterocycles. The number of nitrogens with one attached hydrogen (secondary N) is 3. The van der Waals surface area contributed by atoms with Gasteiger partial charge in [0.15, 0.2) is 17.0 Å². The van der Waals surface area contributed by atoms with Crippen LogP contribution in [0.25, 0.3) is 11.2 Å². The zero-order valence-corrected chi connectivity index (χ0v) is 21.8. The number of carbonyl (C=O) groups is 2. The first-order valence-corrected chi connectivity index (χ1v) is 13.7. The molecule has 1 aromatic carbocycles. The Balaban J connectivity index is 1.13. The molecule has 2 saturated heterocycles. The van der Waals surface area contributed by atoms with Crippen LogP contribution < -0.4 is 16.0 Å². The van der Waals surface area contributed by atoms with Crippen LogP contribution >= 0.6 is 0 Å². The van der Waals surface area contributed by atoms with Crippen molar-refractivity contribution in [3.05, 3.63) is 36.2 Å². The van der Waals surface area contributed by atoms with Crippen molar-refractivity contribution in [3.63, 3.8) is 0 Å². The topological polar surface area (TPSA) is 120 Å². The van der Waals surface area contributed by atoms with Gasteiger partial charge in [-0.05, 0) is 69.3 Å². The third-order valence-corrected chi connectivity index (χ3v) is 7.98. The Labute approximate surface area is 222 Å². The Morgan fingerprint density at radius 1 is 1.03 bits per heavy atom. The van der Waals surface area contributed by atoms with Crippen LogP contribution in [0.15, 0.2) is 30.6 Å². The molecule has 2 amide bonds. The summed E-state index contributed by atoms with van der Waals surface area (Å²) >= 11 is 0. The molecule has 4 heterocycles. The maximum absolute atomic E-state index is 12.8. The summed E-state index contributed by atoms with van der Waals surface area (Å²) < 4.78 is 1.45. The van der Waals surface area contributed by atoms with Crippen molar-refractivity contribution in [3.8, 4) is 0 Å². The number of imidazole rings is 1. The van der Waals surface area contributed by atoms with Gasteiger partial charge in [-0.1, -0.05) is 12.1 Å². The molecule has 0 spiro atoms. The highest BCUT2D eigenvalue weighted by Gasteiger charge is 2.31. The summed E-state index contributed by atoms with van der Waals surface area (Å²) in [4.78, 5) is 43.4.